The lowest BCUT2D eigenvalue weighted by atomic mass is 10.0. The molecular weight excluding hydrogens is 312 g/mol. The molecule has 1 unspecified atom stereocenters. The van der Waals surface area contributed by atoms with Gasteiger partial charge in [0.1, 0.15) is 0 Å². The summed E-state index contributed by atoms with van der Waals surface area (Å²) in [7, 11) is 4.06. The van der Waals surface area contributed by atoms with Crippen molar-refractivity contribution < 1.29 is 9.53 Å². The summed E-state index contributed by atoms with van der Waals surface area (Å²) in [5.74, 6) is 0.0955. The van der Waals surface area contributed by atoms with Crippen molar-refractivity contribution in [3.63, 3.8) is 0 Å². The van der Waals surface area contributed by atoms with Crippen molar-refractivity contribution in [2.45, 2.75) is 32.3 Å². The predicted molar refractivity (Wildman–Crippen MR) is 103 cm³/mol. The average Bonchev–Trinajstić information content (AvgIpc) is 2.65. The van der Waals surface area contributed by atoms with E-state index in [0.717, 1.165) is 41.5 Å². The molecule has 0 N–H and O–H groups in total. The van der Waals surface area contributed by atoms with Crippen molar-refractivity contribution in [2.75, 3.05) is 38.7 Å². The lowest BCUT2D eigenvalue weighted by Gasteiger charge is -2.29. The first-order valence-corrected chi connectivity index (χ1v) is 9.21. The van der Waals surface area contributed by atoms with E-state index in [1.165, 1.54) is 6.42 Å². The van der Waals surface area contributed by atoms with E-state index in [2.05, 4.69) is 11.0 Å². The first-order valence-electron chi connectivity index (χ1n) is 9.21. The van der Waals surface area contributed by atoms with Crippen LogP contribution in [0.25, 0.3) is 10.8 Å². The topological polar surface area (TPSA) is 32.8 Å². The molecule has 3 rings (SSSR count). The van der Waals surface area contributed by atoms with E-state index in [1.807, 2.05) is 56.3 Å². The van der Waals surface area contributed by atoms with Gasteiger partial charge in [0.05, 0.1) is 6.10 Å². The smallest absolute Gasteiger partial charge is 0.254 e. The second-order valence-electron chi connectivity index (χ2n) is 6.90. The molecule has 25 heavy (non-hydrogen) atoms. The Kier molecular flexibility index (Phi) is 5.59. The summed E-state index contributed by atoms with van der Waals surface area (Å²) in [5, 5.41) is 2.13. The lowest BCUT2D eigenvalue weighted by molar-refractivity contribution is -0.00307. The highest BCUT2D eigenvalue weighted by Crippen LogP contribution is 2.29. The highest BCUT2D eigenvalue weighted by molar-refractivity contribution is 6.10. The van der Waals surface area contributed by atoms with Gasteiger partial charge in [-0.1, -0.05) is 24.3 Å². The first-order chi connectivity index (χ1) is 12.1. The third kappa shape index (κ3) is 3.79. The zero-order valence-corrected chi connectivity index (χ0v) is 15.5. The van der Waals surface area contributed by atoms with E-state index >= 15 is 0 Å². The maximum Gasteiger partial charge on any atom is 0.254 e. The normalized spacial score (nSPS) is 17.5. The summed E-state index contributed by atoms with van der Waals surface area (Å²) >= 11 is 0. The summed E-state index contributed by atoms with van der Waals surface area (Å²) in [5.41, 5.74) is 1.91. The van der Waals surface area contributed by atoms with Crippen LogP contribution in [0.15, 0.2) is 36.4 Å². The summed E-state index contributed by atoms with van der Waals surface area (Å²) in [4.78, 5) is 17.2. The van der Waals surface area contributed by atoms with Crippen LogP contribution in [0, 0.1) is 0 Å². The van der Waals surface area contributed by atoms with E-state index in [4.69, 9.17) is 4.74 Å². The van der Waals surface area contributed by atoms with Crippen LogP contribution in [0.1, 0.15) is 36.5 Å². The van der Waals surface area contributed by atoms with Crippen molar-refractivity contribution in [2.24, 2.45) is 0 Å². The second-order valence-corrected chi connectivity index (χ2v) is 6.90. The number of ether oxygens (including phenoxy) is 1. The minimum Gasteiger partial charge on any atom is -0.377 e. The van der Waals surface area contributed by atoms with Crippen molar-refractivity contribution in [1.29, 1.82) is 0 Å². The monoisotopic (exact) mass is 340 g/mol. The average molecular weight is 340 g/mol. The quantitative estimate of drug-likeness (QED) is 0.826. The van der Waals surface area contributed by atoms with Gasteiger partial charge in [0.2, 0.25) is 0 Å². The minimum absolute atomic E-state index is 0.0955. The number of likely N-dealkylation sites (N-methyl/N-ethyl adjacent to an activating group) is 1. The Morgan fingerprint density at radius 3 is 2.52 bits per heavy atom. The molecule has 4 heteroatoms. The molecule has 1 heterocycles. The fourth-order valence-electron chi connectivity index (χ4n) is 3.58. The number of fused-ring (bicyclic) bond motifs is 1. The Morgan fingerprint density at radius 2 is 1.88 bits per heavy atom. The van der Waals surface area contributed by atoms with Gasteiger partial charge in [-0.05, 0) is 43.7 Å². The molecule has 134 valence electrons. The van der Waals surface area contributed by atoms with E-state index in [0.29, 0.717) is 13.1 Å². The van der Waals surface area contributed by atoms with Crippen molar-refractivity contribution in [3.05, 3.63) is 42.0 Å². The van der Waals surface area contributed by atoms with Gasteiger partial charge in [0.25, 0.3) is 5.91 Å². The number of carbonyl (C=O) groups excluding carboxylic acids is 1. The van der Waals surface area contributed by atoms with Gasteiger partial charge in [-0.15, -0.1) is 0 Å². The van der Waals surface area contributed by atoms with Crippen molar-refractivity contribution >= 4 is 22.4 Å². The largest absolute Gasteiger partial charge is 0.377 e. The second kappa shape index (κ2) is 7.87. The third-order valence-electron chi connectivity index (χ3n) is 4.98. The highest BCUT2D eigenvalue weighted by Gasteiger charge is 2.23. The zero-order chi connectivity index (χ0) is 17.8. The molecule has 0 aromatic heterocycles. The van der Waals surface area contributed by atoms with Crippen LogP contribution < -0.4 is 4.90 Å². The standard InChI is InChI=1S/C21H28N2O2/c1-4-23(15-16-9-7-8-14-25-16)21(24)19-12-13-20(22(2)3)18-11-6-5-10-17(18)19/h5-6,10-13,16H,4,7-9,14-15H2,1-3H3. The number of hydrogen-bond acceptors (Lipinski definition) is 3. The Hall–Kier alpha value is -2.07. The van der Waals surface area contributed by atoms with E-state index in [9.17, 15) is 4.79 Å². The molecule has 1 saturated heterocycles. The Balaban J connectivity index is 1.91. The van der Waals surface area contributed by atoms with Gasteiger partial charge < -0.3 is 14.5 Å². The van der Waals surface area contributed by atoms with E-state index in [-0.39, 0.29) is 12.0 Å². The lowest BCUT2D eigenvalue weighted by Crippen LogP contribution is -2.39. The summed E-state index contributed by atoms with van der Waals surface area (Å²) in [6.07, 6.45) is 3.54. The molecule has 1 aliphatic rings. The van der Waals surface area contributed by atoms with Gasteiger partial charge >= 0.3 is 0 Å². The number of nitrogens with zero attached hydrogens (tertiary/aromatic N) is 2. The fourth-order valence-corrected chi connectivity index (χ4v) is 3.58. The van der Waals surface area contributed by atoms with Crippen molar-refractivity contribution in [1.82, 2.24) is 4.90 Å². The molecule has 2 aromatic carbocycles. The van der Waals surface area contributed by atoms with E-state index < -0.39 is 0 Å². The number of carbonyl (C=O) groups is 1. The van der Waals surface area contributed by atoms with Crippen LogP contribution in [0.4, 0.5) is 5.69 Å². The molecule has 0 saturated carbocycles. The molecule has 2 aromatic rings. The zero-order valence-electron chi connectivity index (χ0n) is 15.5. The minimum atomic E-state index is 0.0955. The highest BCUT2D eigenvalue weighted by atomic mass is 16.5. The van der Waals surface area contributed by atoms with Gasteiger partial charge in [-0.3, -0.25) is 4.79 Å². The van der Waals surface area contributed by atoms with Gasteiger partial charge in [-0.25, -0.2) is 0 Å². The van der Waals surface area contributed by atoms with E-state index in [1.54, 1.807) is 0 Å². The van der Waals surface area contributed by atoms with Crippen LogP contribution >= 0.6 is 0 Å². The SMILES string of the molecule is CCN(CC1CCCCO1)C(=O)c1ccc(N(C)C)c2ccccc12. The molecule has 1 amide bonds. The number of amides is 1. The molecular formula is C21H28N2O2. The molecule has 1 aliphatic heterocycles. The number of anilines is 1. The maximum atomic E-state index is 13.2. The molecule has 0 bridgehead atoms. The van der Waals surface area contributed by atoms with Crippen molar-refractivity contribution in [3.8, 4) is 0 Å². The number of hydrogen-bond donors (Lipinski definition) is 0. The molecule has 0 aliphatic carbocycles. The predicted octanol–water partition coefficient (Wildman–Crippen LogP) is 3.94. The third-order valence-corrected chi connectivity index (χ3v) is 4.98. The first kappa shape index (κ1) is 17.7. The maximum absolute atomic E-state index is 13.2. The van der Waals surface area contributed by atoms with Gasteiger partial charge in [0.15, 0.2) is 0 Å². The van der Waals surface area contributed by atoms with Crippen LogP contribution in [-0.4, -0.2) is 50.7 Å². The Bertz CT molecular complexity index is 736. The van der Waals surface area contributed by atoms with Gasteiger partial charge in [0, 0.05) is 50.4 Å². The molecule has 0 radical (unpaired) electrons. The summed E-state index contributed by atoms with van der Waals surface area (Å²) in [6, 6.07) is 12.2. The Labute approximate surface area is 150 Å². The molecule has 1 fully saturated rings. The van der Waals surface area contributed by atoms with Crippen LogP contribution in [0.3, 0.4) is 0 Å². The number of rotatable bonds is 5. The molecule has 1 atom stereocenters. The number of benzene rings is 2. The van der Waals surface area contributed by atoms with Crippen LogP contribution in [0.5, 0.6) is 0 Å². The molecule has 4 nitrogen and oxygen atoms in total. The summed E-state index contributed by atoms with van der Waals surface area (Å²) in [6.45, 7) is 4.23. The Morgan fingerprint density at radius 1 is 1.12 bits per heavy atom. The van der Waals surface area contributed by atoms with Crippen LogP contribution in [0.2, 0.25) is 0 Å². The fraction of sp³-hybridized carbons (Fsp3) is 0.476. The van der Waals surface area contributed by atoms with Crippen LogP contribution in [-0.2, 0) is 4.74 Å². The summed E-state index contributed by atoms with van der Waals surface area (Å²) < 4.78 is 5.83. The molecule has 0 spiro atoms. The van der Waals surface area contributed by atoms with Gasteiger partial charge in [-0.2, -0.15) is 0 Å².